The van der Waals surface area contributed by atoms with Crippen molar-refractivity contribution >= 4 is 37.2 Å². The Balaban J connectivity index is 1.81. The Hall–Kier alpha value is -1.14. The molecule has 0 radical (unpaired) electrons. The van der Waals surface area contributed by atoms with E-state index in [-0.39, 0.29) is 17.3 Å². The molecule has 0 saturated heterocycles. The van der Waals surface area contributed by atoms with Crippen molar-refractivity contribution in [3.8, 4) is 5.75 Å². The Kier molecular flexibility index (Phi) is 8.10. The third-order valence-electron chi connectivity index (χ3n) is 4.65. The Bertz CT molecular complexity index is 654. The second kappa shape index (κ2) is 9.87. The molecule has 0 aliphatic heterocycles. The maximum Gasteiger partial charge on any atom is 0.342 e. The number of rotatable bonds is 7. The lowest BCUT2D eigenvalue weighted by Crippen LogP contribution is -2.24. The molecule has 1 fully saturated rings. The summed E-state index contributed by atoms with van der Waals surface area (Å²) in [7, 11) is 0. The summed E-state index contributed by atoms with van der Waals surface area (Å²) in [5, 5.41) is 0.730. The number of hydrogen-bond donors (Lipinski definition) is 2. The molecule has 1 aromatic rings. The fraction of sp³-hybridized carbons (Fsp3) is 0.619. The Morgan fingerprint density at radius 3 is 2.44 bits per heavy atom. The Morgan fingerprint density at radius 2 is 1.81 bits per heavy atom. The van der Waals surface area contributed by atoms with Gasteiger partial charge >= 0.3 is 11.9 Å². The quantitative estimate of drug-likeness (QED) is 0.284. The maximum atomic E-state index is 12.3. The average molecular weight is 411 g/mol. The van der Waals surface area contributed by atoms with Crippen LogP contribution in [0.3, 0.4) is 0 Å². The third kappa shape index (κ3) is 7.07. The van der Waals surface area contributed by atoms with Gasteiger partial charge < -0.3 is 9.47 Å². The van der Waals surface area contributed by atoms with E-state index < -0.39 is 11.6 Å². The van der Waals surface area contributed by atoms with Crippen LogP contribution in [-0.2, 0) is 9.53 Å². The molecule has 150 valence electrons. The van der Waals surface area contributed by atoms with Gasteiger partial charge in [-0.3, -0.25) is 4.79 Å². The molecule has 1 aliphatic carbocycles. The van der Waals surface area contributed by atoms with Crippen molar-refractivity contribution in [2.24, 2.45) is 5.92 Å². The molecule has 6 heteroatoms. The van der Waals surface area contributed by atoms with Crippen LogP contribution in [0, 0.1) is 5.92 Å². The fourth-order valence-electron chi connectivity index (χ4n) is 3.26. The molecule has 1 saturated carbocycles. The summed E-state index contributed by atoms with van der Waals surface area (Å²) in [6.45, 7) is 5.40. The van der Waals surface area contributed by atoms with E-state index in [0.717, 1.165) is 32.1 Å². The van der Waals surface area contributed by atoms with Crippen molar-refractivity contribution in [2.45, 2.75) is 75.4 Å². The SMILES string of the molecule is CC(C)(C)OC(=O)c1ccccc1OC(=O)CCCC[C@@H]1CC[C@@H](S)[C@@H]1S. The molecule has 0 spiro atoms. The number of hydrogen-bond acceptors (Lipinski definition) is 6. The van der Waals surface area contributed by atoms with E-state index in [4.69, 9.17) is 9.47 Å². The van der Waals surface area contributed by atoms with Gasteiger partial charge in [0, 0.05) is 16.9 Å². The zero-order valence-corrected chi connectivity index (χ0v) is 18.1. The van der Waals surface area contributed by atoms with Crippen LogP contribution in [0.1, 0.15) is 69.7 Å². The summed E-state index contributed by atoms with van der Waals surface area (Å²) in [4.78, 5) is 24.5. The molecule has 0 amide bonds. The molecule has 0 N–H and O–H groups in total. The summed E-state index contributed by atoms with van der Waals surface area (Å²) in [6, 6.07) is 6.68. The molecule has 3 atom stereocenters. The number of para-hydroxylation sites is 1. The lowest BCUT2D eigenvalue weighted by Gasteiger charge is -2.20. The van der Waals surface area contributed by atoms with E-state index >= 15 is 0 Å². The highest BCUT2D eigenvalue weighted by Gasteiger charge is 2.30. The van der Waals surface area contributed by atoms with Crippen LogP contribution >= 0.6 is 25.3 Å². The fourth-order valence-corrected chi connectivity index (χ4v) is 4.10. The van der Waals surface area contributed by atoms with Crippen LogP contribution in [0.2, 0.25) is 0 Å². The highest BCUT2D eigenvalue weighted by molar-refractivity contribution is 7.85. The number of esters is 2. The lowest BCUT2D eigenvalue weighted by atomic mass is 9.99. The minimum absolute atomic E-state index is 0.251. The van der Waals surface area contributed by atoms with Crippen molar-refractivity contribution < 1.29 is 19.1 Å². The van der Waals surface area contributed by atoms with Crippen LogP contribution in [0.15, 0.2) is 24.3 Å². The normalized spacial score (nSPS) is 22.5. The van der Waals surface area contributed by atoms with Gasteiger partial charge in [-0.1, -0.05) is 18.6 Å². The van der Waals surface area contributed by atoms with E-state index in [0.29, 0.717) is 22.8 Å². The molecule has 2 rings (SSSR count). The number of carbonyl (C=O) groups is 2. The monoisotopic (exact) mass is 410 g/mol. The minimum atomic E-state index is -0.606. The molecule has 27 heavy (non-hydrogen) atoms. The topological polar surface area (TPSA) is 52.6 Å². The van der Waals surface area contributed by atoms with Gasteiger partial charge in [0.2, 0.25) is 0 Å². The van der Waals surface area contributed by atoms with Crippen molar-refractivity contribution in [2.75, 3.05) is 0 Å². The van der Waals surface area contributed by atoms with Crippen LogP contribution in [-0.4, -0.2) is 28.0 Å². The van der Waals surface area contributed by atoms with E-state index in [1.54, 1.807) is 45.0 Å². The molecule has 0 aromatic heterocycles. The van der Waals surface area contributed by atoms with Crippen molar-refractivity contribution in [1.82, 2.24) is 0 Å². The predicted molar refractivity (Wildman–Crippen MR) is 114 cm³/mol. The number of benzene rings is 1. The van der Waals surface area contributed by atoms with Crippen LogP contribution in [0.25, 0.3) is 0 Å². The van der Waals surface area contributed by atoms with Crippen molar-refractivity contribution in [3.63, 3.8) is 0 Å². The third-order valence-corrected chi connectivity index (χ3v) is 6.24. The first-order valence-electron chi connectivity index (χ1n) is 9.56. The van der Waals surface area contributed by atoms with Gasteiger partial charge in [-0.2, -0.15) is 25.3 Å². The zero-order chi connectivity index (χ0) is 20.0. The number of ether oxygens (including phenoxy) is 2. The molecule has 1 aliphatic rings. The first kappa shape index (κ1) is 22.2. The van der Waals surface area contributed by atoms with E-state index in [2.05, 4.69) is 25.3 Å². The Morgan fingerprint density at radius 1 is 1.11 bits per heavy atom. The molecule has 0 heterocycles. The van der Waals surface area contributed by atoms with Gasteiger partial charge in [0.05, 0.1) is 0 Å². The van der Waals surface area contributed by atoms with Crippen LogP contribution in [0.4, 0.5) is 0 Å². The maximum absolute atomic E-state index is 12.3. The standard InChI is InChI=1S/C21H30O4S2/c1-21(2,3)25-20(23)15-9-5-6-10-16(15)24-18(22)11-7-4-8-14-12-13-17(26)19(14)27/h5-6,9-10,14,17,19,26-27H,4,7-8,11-13H2,1-3H3/t14-,17-,19-/m1/s1. The average Bonchev–Trinajstić information content (AvgIpc) is 2.89. The number of thiol groups is 2. The first-order valence-corrected chi connectivity index (χ1v) is 10.6. The van der Waals surface area contributed by atoms with Crippen LogP contribution in [0.5, 0.6) is 5.75 Å². The highest BCUT2D eigenvalue weighted by Crippen LogP contribution is 2.36. The first-order chi connectivity index (χ1) is 12.7. The lowest BCUT2D eigenvalue weighted by molar-refractivity contribution is -0.134. The van der Waals surface area contributed by atoms with Crippen molar-refractivity contribution in [3.05, 3.63) is 29.8 Å². The largest absolute Gasteiger partial charge is 0.456 e. The zero-order valence-electron chi connectivity index (χ0n) is 16.3. The molecular formula is C21H30O4S2. The molecule has 4 nitrogen and oxygen atoms in total. The summed E-state index contributed by atoms with van der Waals surface area (Å²) in [5.41, 5.74) is -0.338. The van der Waals surface area contributed by atoms with E-state index in [1.807, 2.05) is 0 Å². The summed E-state index contributed by atoms with van der Waals surface area (Å²) in [6.07, 6.45) is 5.40. The second-order valence-corrected chi connectivity index (χ2v) is 9.37. The van der Waals surface area contributed by atoms with E-state index in [9.17, 15) is 9.59 Å². The molecular weight excluding hydrogens is 380 g/mol. The predicted octanol–water partition coefficient (Wildman–Crippen LogP) is 5.11. The van der Waals surface area contributed by atoms with E-state index in [1.165, 1.54) is 0 Å². The summed E-state index contributed by atoms with van der Waals surface area (Å²) >= 11 is 9.18. The summed E-state index contributed by atoms with van der Waals surface area (Å²) in [5.74, 6) is 0.0146. The number of unbranched alkanes of at least 4 members (excludes halogenated alkanes) is 1. The molecule has 1 aromatic carbocycles. The van der Waals surface area contributed by atoms with Gasteiger partial charge in [0.25, 0.3) is 0 Å². The van der Waals surface area contributed by atoms with Crippen molar-refractivity contribution in [1.29, 1.82) is 0 Å². The van der Waals surface area contributed by atoms with Crippen LogP contribution < -0.4 is 4.74 Å². The number of carbonyl (C=O) groups excluding carboxylic acids is 2. The highest BCUT2D eigenvalue weighted by atomic mass is 32.1. The van der Waals surface area contributed by atoms with Gasteiger partial charge in [0.1, 0.15) is 16.9 Å². The minimum Gasteiger partial charge on any atom is -0.456 e. The molecule has 0 unspecified atom stereocenters. The smallest absolute Gasteiger partial charge is 0.342 e. The Labute approximate surface area is 173 Å². The summed E-state index contributed by atoms with van der Waals surface area (Å²) < 4.78 is 10.8. The van der Waals surface area contributed by atoms with Gasteiger partial charge in [0.15, 0.2) is 0 Å². The van der Waals surface area contributed by atoms with Gasteiger partial charge in [-0.25, -0.2) is 4.79 Å². The van der Waals surface area contributed by atoms with Gasteiger partial charge in [-0.15, -0.1) is 0 Å². The molecule has 0 bridgehead atoms. The van der Waals surface area contributed by atoms with Gasteiger partial charge in [-0.05, 0) is 64.5 Å². The second-order valence-electron chi connectivity index (χ2n) is 8.11.